The zero-order valence-electron chi connectivity index (χ0n) is 18.1. The Hall–Kier alpha value is -2.57. The fourth-order valence-electron chi connectivity index (χ4n) is 4.48. The molecule has 2 aromatic rings. The molecule has 0 atom stereocenters. The number of nitrogens with one attached hydrogen (secondary N) is 2. The van der Waals surface area contributed by atoms with Gasteiger partial charge < -0.3 is 24.2 Å². The molecule has 0 spiro atoms. The van der Waals surface area contributed by atoms with E-state index in [9.17, 15) is 4.79 Å². The average molecular weight is 412 g/mol. The number of fused-ring (bicyclic) bond motifs is 1. The lowest BCUT2D eigenvalue weighted by molar-refractivity contribution is -1.02. The third kappa shape index (κ3) is 4.94. The van der Waals surface area contributed by atoms with Gasteiger partial charge in [0, 0.05) is 31.1 Å². The molecule has 0 radical (unpaired) electrons. The Kier molecular flexibility index (Phi) is 6.55. The molecular formula is C24H33N3O3+2. The molecule has 0 aromatic heterocycles. The van der Waals surface area contributed by atoms with E-state index in [1.54, 1.807) is 12.0 Å². The molecule has 2 aromatic carbocycles. The van der Waals surface area contributed by atoms with Crippen LogP contribution in [0.25, 0.3) is 0 Å². The second-order valence-corrected chi connectivity index (χ2v) is 8.46. The first-order chi connectivity index (χ1) is 14.6. The summed E-state index contributed by atoms with van der Waals surface area (Å²) in [4.78, 5) is 17.5. The molecule has 30 heavy (non-hydrogen) atoms. The minimum absolute atomic E-state index is 0.193. The summed E-state index contributed by atoms with van der Waals surface area (Å²) in [5, 5.41) is 0. The van der Waals surface area contributed by atoms with Crippen molar-refractivity contribution in [2.24, 2.45) is 0 Å². The van der Waals surface area contributed by atoms with Gasteiger partial charge in [-0.3, -0.25) is 4.79 Å². The van der Waals surface area contributed by atoms with Gasteiger partial charge in [0.25, 0.3) is 5.91 Å². The highest BCUT2D eigenvalue weighted by Crippen LogP contribution is 2.25. The largest absolute Gasteiger partial charge is 0.496 e. The molecule has 1 fully saturated rings. The summed E-state index contributed by atoms with van der Waals surface area (Å²) in [7, 11) is 3.55. The Morgan fingerprint density at radius 3 is 2.67 bits per heavy atom. The monoisotopic (exact) mass is 411 g/mol. The van der Waals surface area contributed by atoms with Crippen molar-refractivity contribution in [2.45, 2.75) is 19.5 Å². The van der Waals surface area contributed by atoms with Crippen LogP contribution in [0, 0.1) is 0 Å². The van der Waals surface area contributed by atoms with Gasteiger partial charge in [0.15, 0.2) is 6.54 Å². The van der Waals surface area contributed by atoms with Gasteiger partial charge in [-0.05, 0) is 29.8 Å². The first kappa shape index (κ1) is 20.7. The maximum Gasteiger partial charge on any atom is 0.277 e. The van der Waals surface area contributed by atoms with E-state index < -0.39 is 0 Å². The first-order valence-electron chi connectivity index (χ1n) is 10.9. The van der Waals surface area contributed by atoms with Crippen molar-refractivity contribution in [1.82, 2.24) is 4.90 Å². The van der Waals surface area contributed by atoms with Gasteiger partial charge in [-0.1, -0.05) is 18.2 Å². The summed E-state index contributed by atoms with van der Waals surface area (Å²) >= 11 is 0. The van der Waals surface area contributed by atoms with Crippen LogP contribution in [0.4, 0.5) is 0 Å². The quantitative estimate of drug-likeness (QED) is 0.650. The molecule has 1 amide bonds. The zero-order valence-corrected chi connectivity index (χ0v) is 18.1. The highest BCUT2D eigenvalue weighted by Gasteiger charge is 2.26. The fourth-order valence-corrected chi connectivity index (χ4v) is 4.48. The Balaban J connectivity index is 1.23. The summed E-state index contributed by atoms with van der Waals surface area (Å²) in [6.45, 7) is 7.30. The molecule has 6 nitrogen and oxygen atoms in total. The molecular weight excluding hydrogens is 378 g/mol. The molecule has 0 bridgehead atoms. The van der Waals surface area contributed by atoms with E-state index in [-0.39, 0.29) is 5.91 Å². The van der Waals surface area contributed by atoms with E-state index >= 15 is 0 Å². The van der Waals surface area contributed by atoms with Gasteiger partial charge >= 0.3 is 0 Å². The molecule has 4 rings (SSSR count). The van der Waals surface area contributed by atoms with E-state index in [1.807, 2.05) is 36.2 Å². The van der Waals surface area contributed by atoms with Crippen LogP contribution in [0.5, 0.6) is 11.5 Å². The first-order valence-corrected chi connectivity index (χ1v) is 10.9. The predicted octanol–water partition coefficient (Wildman–Crippen LogP) is -0.428. The lowest BCUT2D eigenvalue weighted by Gasteiger charge is -2.30. The van der Waals surface area contributed by atoms with Crippen molar-refractivity contribution in [3.63, 3.8) is 0 Å². The zero-order chi connectivity index (χ0) is 20.9. The van der Waals surface area contributed by atoms with Crippen LogP contribution in [-0.4, -0.2) is 64.3 Å². The number of benzene rings is 2. The van der Waals surface area contributed by atoms with E-state index in [0.29, 0.717) is 13.1 Å². The second-order valence-electron chi connectivity index (χ2n) is 8.46. The third-order valence-electron chi connectivity index (χ3n) is 6.30. The van der Waals surface area contributed by atoms with Crippen LogP contribution in [0.15, 0.2) is 42.5 Å². The number of quaternary nitrogens is 2. The van der Waals surface area contributed by atoms with Gasteiger partial charge in [-0.15, -0.1) is 0 Å². The topological polar surface area (TPSA) is 47.6 Å². The van der Waals surface area contributed by atoms with Crippen molar-refractivity contribution < 1.29 is 24.1 Å². The van der Waals surface area contributed by atoms with Crippen LogP contribution >= 0.6 is 0 Å². The van der Waals surface area contributed by atoms with E-state index in [0.717, 1.165) is 62.8 Å². The number of para-hydroxylation sites is 1. The minimum atomic E-state index is 0.193. The molecule has 2 N–H and O–H groups in total. The number of ether oxygens (including phenoxy) is 2. The van der Waals surface area contributed by atoms with Gasteiger partial charge in [-0.2, -0.15) is 0 Å². The molecule has 2 aliphatic rings. The number of hydrogen-bond acceptors (Lipinski definition) is 3. The number of hydrogen-bond donors (Lipinski definition) is 2. The van der Waals surface area contributed by atoms with Crippen LogP contribution < -0.4 is 19.3 Å². The maximum absolute atomic E-state index is 12.7. The Labute approximate surface area is 179 Å². The van der Waals surface area contributed by atoms with Gasteiger partial charge in [0.05, 0.1) is 13.7 Å². The summed E-state index contributed by atoms with van der Waals surface area (Å²) in [6, 6.07) is 14.5. The molecule has 0 aliphatic carbocycles. The number of carbonyl (C=O) groups is 1. The highest BCUT2D eigenvalue weighted by molar-refractivity contribution is 5.76. The predicted molar refractivity (Wildman–Crippen MR) is 115 cm³/mol. The van der Waals surface area contributed by atoms with Crippen LogP contribution in [0.1, 0.15) is 16.7 Å². The van der Waals surface area contributed by atoms with Gasteiger partial charge in [0.2, 0.25) is 0 Å². The van der Waals surface area contributed by atoms with Crippen molar-refractivity contribution in [1.29, 1.82) is 0 Å². The van der Waals surface area contributed by atoms with Crippen molar-refractivity contribution in [3.05, 3.63) is 59.2 Å². The number of piperazine rings is 1. The van der Waals surface area contributed by atoms with Crippen LogP contribution in [0.2, 0.25) is 0 Å². The number of amides is 1. The van der Waals surface area contributed by atoms with Crippen LogP contribution in [0.3, 0.4) is 0 Å². The summed E-state index contributed by atoms with van der Waals surface area (Å²) < 4.78 is 11.0. The standard InChI is InChI=1S/C24H31N3O3/c1-25(17-21-5-3-4-6-22(21)29-2)24(28)18-27-12-10-26(11-13-27)16-19-7-8-23-20(15-19)9-14-30-23/h3-8,15H,9-14,16-18H2,1-2H3/p+2. The lowest BCUT2D eigenvalue weighted by atomic mass is 10.1. The molecule has 1 saturated heterocycles. The molecule has 6 heteroatoms. The molecule has 0 unspecified atom stereocenters. The maximum atomic E-state index is 12.7. The second kappa shape index (κ2) is 9.49. The van der Waals surface area contributed by atoms with Crippen molar-refractivity contribution in [2.75, 3.05) is 53.5 Å². The smallest absolute Gasteiger partial charge is 0.277 e. The molecule has 160 valence electrons. The Bertz CT molecular complexity index is 878. The van der Waals surface area contributed by atoms with E-state index in [1.165, 1.54) is 16.0 Å². The minimum Gasteiger partial charge on any atom is -0.496 e. The summed E-state index contributed by atoms with van der Waals surface area (Å²) in [5.74, 6) is 2.08. The normalized spacial score (nSPS) is 20.3. The Morgan fingerprint density at radius 1 is 1.10 bits per heavy atom. The highest BCUT2D eigenvalue weighted by atomic mass is 16.5. The van der Waals surface area contributed by atoms with Crippen LogP contribution in [-0.2, 0) is 24.3 Å². The Morgan fingerprint density at radius 2 is 1.87 bits per heavy atom. The van der Waals surface area contributed by atoms with Crippen molar-refractivity contribution in [3.8, 4) is 11.5 Å². The third-order valence-corrected chi connectivity index (χ3v) is 6.30. The summed E-state index contributed by atoms with van der Waals surface area (Å²) in [6.07, 6.45) is 1.03. The number of methoxy groups -OCH3 is 1. The number of rotatable bonds is 7. The number of nitrogens with zero attached hydrogens (tertiary/aromatic N) is 1. The van der Waals surface area contributed by atoms with E-state index in [2.05, 4.69) is 18.2 Å². The SMILES string of the molecule is COc1ccccc1CN(C)C(=O)C[NH+]1CC[NH+](Cc2ccc3c(c2)CCO3)CC1. The van der Waals surface area contributed by atoms with Gasteiger partial charge in [0.1, 0.15) is 44.2 Å². The van der Waals surface area contributed by atoms with Crippen molar-refractivity contribution >= 4 is 5.91 Å². The fraction of sp³-hybridized carbons (Fsp3) is 0.458. The lowest BCUT2D eigenvalue weighted by Crippen LogP contribution is -3.28. The molecule has 2 aliphatic heterocycles. The van der Waals surface area contributed by atoms with Gasteiger partial charge in [-0.25, -0.2) is 0 Å². The van der Waals surface area contributed by atoms with E-state index in [4.69, 9.17) is 9.47 Å². The number of likely N-dealkylation sites (N-methyl/N-ethyl adjacent to an activating group) is 1. The molecule has 2 heterocycles. The molecule has 0 saturated carbocycles. The number of carbonyl (C=O) groups excluding carboxylic acids is 1. The average Bonchev–Trinajstić information content (AvgIpc) is 3.23. The summed E-state index contributed by atoms with van der Waals surface area (Å²) in [5.41, 5.74) is 3.78.